The second-order valence-electron chi connectivity index (χ2n) is 3.93. The lowest BCUT2D eigenvalue weighted by Gasteiger charge is -2.14. The number of hydrogen-bond donors (Lipinski definition) is 1. The number of aryl methyl sites for hydroxylation is 1. The van der Waals surface area contributed by atoms with Gasteiger partial charge in [0.25, 0.3) is 0 Å². The average Bonchev–Trinajstić information content (AvgIpc) is 2.15. The van der Waals surface area contributed by atoms with Crippen LogP contribution < -0.4 is 5.73 Å². The summed E-state index contributed by atoms with van der Waals surface area (Å²) in [5.74, 6) is -0.560. The van der Waals surface area contributed by atoms with Crippen molar-refractivity contribution < 1.29 is 14.3 Å². The smallest absolute Gasteiger partial charge is 0.338 e. The summed E-state index contributed by atoms with van der Waals surface area (Å²) in [4.78, 5) is 23.3. The molecule has 0 aromatic heterocycles. The van der Waals surface area contributed by atoms with Crippen molar-refractivity contribution in [2.24, 2.45) is 0 Å². The molecule has 0 amide bonds. The first-order chi connectivity index (χ1) is 7.90. The van der Waals surface area contributed by atoms with Crippen molar-refractivity contribution in [1.29, 1.82) is 0 Å². The van der Waals surface area contributed by atoms with E-state index < -0.39 is 5.97 Å². The SMILES string of the molecule is CCOC(=O)c1c(C)cc(N)c(C(C)=O)c1C. The summed E-state index contributed by atoms with van der Waals surface area (Å²) in [6.45, 7) is 6.97. The van der Waals surface area contributed by atoms with Crippen molar-refractivity contribution in [3.63, 3.8) is 0 Å². The van der Waals surface area contributed by atoms with Gasteiger partial charge in [-0.25, -0.2) is 4.79 Å². The molecule has 1 aromatic carbocycles. The molecule has 0 bridgehead atoms. The van der Waals surface area contributed by atoms with Gasteiger partial charge in [-0.3, -0.25) is 4.79 Å². The summed E-state index contributed by atoms with van der Waals surface area (Å²) < 4.78 is 4.97. The molecule has 0 aliphatic carbocycles. The van der Waals surface area contributed by atoms with Crippen LogP contribution in [0.2, 0.25) is 0 Å². The second kappa shape index (κ2) is 4.99. The van der Waals surface area contributed by atoms with Crippen LogP contribution in [-0.4, -0.2) is 18.4 Å². The zero-order valence-electron chi connectivity index (χ0n) is 10.6. The molecule has 4 nitrogen and oxygen atoms in total. The topological polar surface area (TPSA) is 69.4 Å². The van der Waals surface area contributed by atoms with Crippen molar-refractivity contribution >= 4 is 17.4 Å². The predicted molar refractivity (Wildman–Crippen MR) is 66.3 cm³/mol. The lowest BCUT2D eigenvalue weighted by Crippen LogP contribution is -2.13. The molecule has 0 radical (unpaired) electrons. The Hall–Kier alpha value is -1.84. The number of nitrogens with two attached hydrogens (primary N) is 1. The molecular formula is C13H17NO3. The summed E-state index contributed by atoms with van der Waals surface area (Å²) >= 11 is 0. The monoisotopic (exact) mass is 235 g/mol. The molecule has 0 spiro atoms. The van der Waals surface area contributed by atoms with Gasteiger partial charge in [-0.1, -0.05) is 0 Å². The molecule has 0 saturated carbocycles. The molecule has 0 atom stereocenters. The Morgan fingerprint density at radius 2 is 1.88 bits per heavy atom. The number of Topliss-reactive ketones (excluding diaryl/α,β-unsaturated/α-hetero) is 1. The Balaban J connectivity index is 3.46. The number of carbonyl (C=O) groups excluding carboxylic acids is 2. The van der Waals surface area contributed by atoms with E-state index in [2.05, 4.69) is 0 Å². The van der Waals surface area contributed by atoms with Gasteiger partial charge in [0.1, 0.15) is 0 Å². The minimum Gasteiger partial charge on any atom is -0.462 e. The molecule has 0 saturated heterocycles. The van der Waals surface area contributed by atoms with Gasteiger partial charge in [-0.05, 0) is 44.9 Å². The molecule has 4 heteroatoms. The Morgan fingerprint density at radius 3 is 2.35 bits per heavy atom. The third-order valence-electron chi connectivity index (χ3n) is 2.64. The maximum absolute atomic E-state index is 11.8. The highest BCUT2D eigenvalue weighted by atomic mass is 16.5. The number of anilines is 1. The van der Waals surface area contributed by atoms with Crippen molar-refractivity contribution in [2.45, 2.75) is 27.7 Å². The quantitative estimate of drug-likeness (QED) is 0.495. The van der Waals surface area contributed by atoms with Gasteiger partial charge in [-0.2, -0.15) is 0 Å². The minimum absolute atomic E-state index is 0.148. The first-order valence-electron chi connectivity index (χ1n) is 5.47. The predicted octanol–water partition coefficient (Wildman–Crippen LogP) is 2.26. The molecule has 0 aliphatic heterocycles. The Morgan fingerprint density at radius 1 is 1.29 bits per heavy atom. The first-order valence-corrected chi connectivity index (χ1v) is 5.47. The number of benzene rings is 1. The van der Waals surface area contributed by atoms with E-state index in [-0.39, 0.29) is 5.78 Å². The van der Waals surface area contributed by atoms with E-state index in [1.165, 1.54) is 6.92 Å². The molecule has 1 rings (SSSR count). The molecular weight excluding hydrogens is 218 g/mol. The molecule has 1 aromatic rings. The summed E-state index contributed by atoms with van der Waals surface area (Å²) in [7, 11) is 0. The highest BCUT2D eigenvalue weighted by Gasteiger charge is 2.20. The van der Waals surface area contributed by atoms with Crippen LogP contribution in [0.4, 0.5) is 5.69 Å². The van der Waals surface area contributed by atoms with E-state index >= 15 is 0 Å². The van der Waals surface area contributed by atoms with Gasteiger partial charge in [-0.15, -0.1) is 0 Å². The van der Waals surface area contributed by atoms with Gasteiger partial charge in [0, 0.05) is 11.3 Å². The van der Waals surface area contributed by atoms with Crippen molar-refractivity contribution in [2.75, 3.05) is 12.3 Å². The summed E-state index contributed by atoms with van der Waals surface area (Å²) in [5.41, 5.74) is 8.35. The normalized spacial score (nSPS) is 10.1. The van der Waals surface area contributed by atoms with Gasteiger partial charge in [0.2, 0.25) is 0 Å². The fourth-order valence-corrected chi connectivity index (χ4v) is 2.00. The molecule has 17 heavy (non-hydrogen) atoms. The fourth-order valence-electron chi connectivity index (χ4n) is 2.00. The number of hydrogen-bond acceptors (Lipinski definition) is 4. The summed E-state index contributed by atoms with van der Waals surface area (Å²) in [5, 5.41) is 0. The fraction of sp³-hybridized carbons (Fsp3) is 0.385. The Labute approximate surface area is 101 Å². The highest BCUT2D eigenvalue weighted by molar-refractivity contribution is 6.05. The van der Waals surface area contributed by atoms with Crippen LogP contribution in [0.15, 0.2) is 6.07 Å². The van der Waals surface area contributed by atoms with E-state index in [0.717, 1.165) is 5.56 Å². The van der Waals surface area contributed by atoms with Crippen molar-refractivity contribution in [1.82, 2.24) is 0 Å². The first kappa shape index (κ1) is 13.2. The summed E-state index contributed by atoms with van der Waals surface area (Å²) in [6, 6.07) is 1.63. The van der Waals surface area contributed by atoms with E-state index in [9.17, 15) is 9.59 Å². The highest BCUT2D eigenvalue weighted by Crippen LogP contribution is 2.25. The molecule has 2 N–H and O–H groups in total. The number of nitrogen functional groups attached to an aromatic ring is 1. The van der Waals surface area contributed by atoms with Crippen LogP contribution in [0.5, 0.6) is 0 Å². The van der Waals surface area contributed by atoms with E-state index in [0.29, 0.717) is 29.0 Å². The van der Waals surface area contributed by atoms with Gasteiger partial charge in [0.15, 0.2) is 5.78 Å². The third kappa shape index (κ3) is 2.46. The molecule has 0 aliphatic rings. The Kier molecular flexibility index (Phi) is 3.89. The zero-order valence-corrected chi connectivity index (χ0v) is 10.6. The van der Waals surface area contributed by atoms with Gasteiger partial charge >= 0.3 is 5.97 Å². The largest absolute Gasteiger partial charge is 0.462 e. The number of rotatable bonds is 3. The van der Waals surface area contributed by atoms with Crippen LogP contribution in [0.1, 0.15) is 45.7 Å². The van der Waals surface area contributed by atoms with Gasteiger partial charge in [0.05, 0.1) is 12.2 Å². The number of carbonyl (C=O) groups is 2. The van der Waals surface area contributed by atoms with Crippen LogP contribution >= 0.6 is 0 Å². The summed E-state index contributed by atoms with van der Waals surface area (Å²) in [6.07, 6.45) is 0. The molecule has 0 unspecified atom stereocenters. The van der Waals surface area contributed by atoms with Crippen LogP contribution in [0, 0.1) is 13.8 Å². The number of ketones is 1. The molecule has 92 valence electrons. The van der Waals surface area contributed by atoms with Crippen molar-refractivity contribution in [3.8, 4) is 0 Å². The number of ether oxygens (including phenoxy) is 1. The molecule has 0 heterocycles. The molecule has 0 fully saturated rings. The Bertz CT molecular complexity index is 478. The zero-order chi connectivity index (χ0) is 13.2. The van der Waals surface area contributed by atoms with Gasteiger partial charge < -0.3 is 10.5 Å². The van der Waals surface area contributed by atoms with E-state index in [4.69, 9.17) is 10.5 Å². The van der Waals surface area contributed by atoms with Crippen LogP contribution in [0.3, 0.4) is 0 Å². The maximum atomic E-state index is 11.8. The second-order valence-corrected chi connectivity index (χ2v) is 3.93. The van der Waals surface area contributed by atoms with Crippen LogP contribution in [0.25, 0.3) is 0 Å². The van der Waals surface area contributed by atoms with E-state index in [1.54, 1.807) is 26.8 Å². The lowest BCUT2D eigenvalue weighted by atomic mass is 9.94. The standard InChI is InChI=1S/C13H17NO3/c1-5-17-13(16)11-7(2)6-10(14)12(8(11)3)9(4)15/h6H,5,14H2,1-4H3. The number of esters is 1. The van der Waals surface area contributed by atoms with Crippen molar-refractivity contribution in [3.05, 3.63) is 28.3 Å². The minimum atomic E-state index is -0.412. The van der Waals surface area contributed by atoms with E-state index in [1.807, 2.05) is 0 Å². The lowest BCUT2D eigenvalue weighted by molar-refractivity contribution is 0.0524. The average molecular weight is 235 g/mol. The van der Waals surface area contributed by atoms with Crippen LogP contribution in [-0.2, 0) is 4.74 Å². The third-order valence-corrected chi connectivity index (χ3v) is 2.64. The maximum Gasteiger partial charge on any atom is 0.338 e.